The highest BCUT2D eigenvalue weighted by Gasteiger charge is 2.00. The summed E-state index contributed by atoms with van der Waals surface area (Å²) < 4.78 is 0. The molecule has 0 radical (unpaired) electrons. The second-order valence-corrected chi connectivity index (χ2v) is 3.23. The first-order valence-electron chi connectivity index (χ1n) is 3.37. The summed E-state index contributed by atoms with van der Waals surface area (Å²) >= 11 is 1.64. The Hall–Kier alpha value is -0.900. The molecule has 60 valence electrons. The zero-order valence-electron chi connectivity index (χ0n) is 6.88. The molecule has 0 aliphatic heterocycles. The van der Waals surface area contributed by atoms with E-state index in [9.17, 15) is 0 Å². The van der Waals surface area contributed by atoms with Crippen molar-refractivity contribution in [1.29, 1.82) is 0 Å². The molecule has 1 aromatic rings. The van der Waals surface area contributed by atoms with Crippen molar-refractivity contribution in [2.24, 2.45) is 5.10 Å². The maximum Gasteiger partial charge on any atom is 0.0971 e. The minimum absolute atomic E-state index is 0.928. The molecule has 1 aromatic heterocycles. The molecule has 0 aliphatic carbocycles. The van der Waals surface area contributed by atoms with Crippen molar-refractivity contribution >= 4 is 17.0 Å². The van der Waals surface area contributed by atoms with Crippen molar-refractivity contribution in [3.05, 3.63) is 16.1 Å². The molecule has 1 heterocycles. The van der Waals surface area contributed by atoms with Crippen LogP contribution in [0.1, 0.15) is 17.6 Å². The van der Waals surface area contributed by atoms with Gasteiger partial charge >= 0.3 is 0 Å². The largest absolute Gasteiger partial charge is 0.313 e. The number of aromatic nitrogens is 1. The monoisotopic (exact) mass is 169 g/mol. The Kier molecular flexibility index (Phi) is 2.59. The number of nitrogens with one attached hydrogen (secondary N) is 1. The lowest BCUT2D eigenvalue weighted by atomic mass is 10.3. The number of hydrogen-bond donors (Lipinski definition) is 1. The first kappa shape index (κ1) is 8.20. The Morgan fingerprint density at radius 2 is 2.45 bits per heavy atom. The number of nitrogens with zero attached hydrogens (tertiary/aromatic N) is 2. The van der Waals surface area contributed by atoms with Crippen LogP contribution in [-0.2, 0) is 0 Å². The van der Waals surface area contributed by atoms with Gasteiger partial charge in [-0.1, -0.05) is 0 Å². The summed E-state index contributed by atoms with van der Waals surface area (Å²) in [7, 11) is 1.78. The third kappa shape index (κ3) is 2.01. The third-order valence-corrected chi connectivity index (χ3v) is 2.04. The number of aryl methyl sites for hydroxylation is 1. The molecule has 1 N–H and O–H groups in total. The molecule has 0 unspecified atom stereocenters. The van der Waals surface area contributed by atoms with Crippen LogP contribution in [0.3, 0.4) is 0 Å². The van der Waals surface area contributed by atoms with Crippen molar-refractivity contribution in [1.82, 2.24) is 10.4 Å². The van der Waals surface area contributed by atoms with Crippen LogP contribution in [0.5, 0.6) is 0 Å². The molecule has 3 nitrogen and oxygen atoms in total. The van der Waals surface area contributed by atoms with E-state index in [1.165, 1.54) is 0 Å². The summed E-state index contributed by atoms with van der Waals surface area (Å²) in [5.41, 5.74) is 4.62. The molecule has 4 heteroatoms. The second-order valence-electron chi connectivity index (χ2n) is 2.17. The standard InChI is InChI=1S/C7H11N3S/c1-5(10-8-3)7-4-11-6(2)9-7/h4,8H,1-3H3/b10-5+. The molecular formula is C7H11N3S. The topological polar surface area (TPSA) is 37.3 Å². The number of hydrazone groups is 1. The van der Waals surface area contributed by atoms with Gasteiger partial charge in [-0.15, -0.1) is 11.3 Å². The van der Waals surface area contributed by atoms with Crippen molar-refractivity contribution in [3.8, 4) is 0 Å². The molecule has 0 amide bonds. The molecule has 0 saturated carbocycles. The first-order valence-corrected chi connectivity index (χ1v) is 4.25. The van der Waals surface area contributed by atoms with E-state index in [0.717, 1.165) is 16.4 Å². The van der Waals surface area contributed by atoms with Gasteiger partial charge in [-0.25, -0.2) is 4.98 Å². The van der Waals surface area contributed by atoms with Crippen LogP contribution >= 0.6 is 11.3 Å². The van der Waals surface area contributed by atoms with Crippen molar-refractivity contribution in [3.63, 3.8) is 0 Å². The first-order chi connectivity index (χ1) is 5.24. The Labute approximate surface area is 70.2 Å². The van der Waals surface area contributed by atoms with Crippen LogP contribution in [0.4, 0.5) is 0 Å². The Bertz CT molecular complexity index is 264. The van der Waals surface area contributed by atoms with Gasteiger partial charge in [0.25, 0.3) is 0 Å². The van der Waals surface area contributed by atoms with E-state index in [1.54, 1.807) is 18.4 Å². The van der Waals surface area contributed by atoms with Gasteiger partial charge in [0.2, 0.25) is 0 Å². The minimum atomic E-state index is 0.928. The molecule has 0 aliphatic rings. The van der Waals surface area contributed by atoms with E-state index in [-0.39, 0.29) is 0 Å². The molecule has 0 fully saturated rings. The van der Waals surface area contributed by atoms with Gasteiger partial charge in [-0.05, 0) is 13.8 Å². The Morgan fingerprint density at radius 1 is 1.73 bits per heavy atom. The molecule has 0 aromatic carbocycles. The van der Waals surface area contributed by atoms with E-state index < -0.39 is 0 Å². The lowest BCUT2D eigenvalue weighted by Gasteiger charge is -1.92. The lowest BCUT2D eigenvalue weighted by Crippen LogP contribution is -2.03. The zero-order valence-corrected chi connectivity index (χ0v) is 7.70. The fraction of sp³-hybridized carbons (Fsp3) is 0.429. The van der Waals surface area contributed by atoms with Gasteiger partial charge in [0.05, 0.1) is 16.4 Å². The SMILES string of the molecule is CN/N=C(\C)c1csc(C)n1. The van der Waals surface area contributed by atoms with E-state index in [0.29, 0.717) is 0 Å². The fourth-order valence-electron chi connectivity index (χ4n) is 0.755. The second kappa shape index (κ2) is 3.48. The van der Waals surface area contributed by atoms with Crippen molar-refractivity contribution < 1.29 is 0 Å². The average molecular weight is 169 g/mol. The van der Waals surface area contributed by atoms with Gasteiger partial charge in [-0.3, -0.25) is 0 Å². The summed E-state index contributed by atoms with van der Waals surface area (Å²) in [6.07, 6.45) is 0. The van der Waals surface area contributed by atoms with Gasteiger partial charge in [0.1, 0.15) is 0 Å². The third-order valence-electron chi connectivity index (χ3n) is 1.27. The average Bonchev–Trinajstić information content (AvgIpc) is 2.36. The van der Waals surface area contributed by atoms with Gasteiger partial charge < -0.3 is 5.43 Å². The zero-order chi connectivity index (χ0) is 8.27. The van der Waals surface area contributed by atoms with Crippen LogP contribution in [-0.4, -0.2) is 17.7 Å². The maximum atomic E-state index is 4.28. The van der Waals surface area contributed by atoms with E-state index >= 15 is 0 Å². The summed E-state index contributed by atoms with van der Waals surface area (Å²) in [4.78, 5) is 4.28. The summed E-state index contributed by atoms with van der Waals surface area (Å²) in [6, 6.07) is 0. The number of rotatable bonds is 2. The molecule has 0 bridgehead atoms. The quantitative estimate of drug-likeness (QED) is 0.536. The van der Waals surface area contributed by atoms with E-state index in [2.05, 4.69) is 15.5 Å². The minimum Gasteiger partial charge on any atom is -0.313 e. The molecule has 0 atom stereocenters. The molecule has 0 spiro atoms. The highest BCUT2D eigenvalue weighted by molar-refractivity contribution is 7.09. The predicted octanol–water partition coefficient (Wildman–Crippen LogP) is 1.39. The molecule has 1 rings (SSSR count). The van der Waals surface area contributed by atoms with Crippen LogP contribution < -0.4 is 5.43 Å². The number of hydrogen-bond acceptors (Lipinski definition) is 4. The van der Waals surface area contributed by atoms with E-state index in [4.69, 9.17) is 0 Å². The van der Waals surface area contributed by atoms with E-state index in [1.807, 2.05) is 19.2 Å². The molecule has 11 heavy (non-hydrogen) atoms. The number of thiazole rings is 1. The van der Waals surface area contributed by atoms with Gasteiger partial charge in [-0.2, -0.15) is 5.10 Å². The van der Waals surface area contributed by atoms with Gasteiger partial charge in [0.15, 0.2) is 0 Å². The highest BCUT2D eigenvalue weighted by Crippen LogP contribution is 2.08. The predicted molar refractivity (Wildman–Crippen MR) is 48.1 cm³/mol. The fourth-order valence-corrected chi connectivity index (χ4v) is 1.41. The lowest BCUT2D eigenvalue weighted by molar-refractivity contribution is 0.898. The van der Waals surface area contributed by atoms with Gasteiger partial charge in [0, 0.05) is 12.4 Å². The van der Waals surface area contributed by atoms with Crippen molar-refractivity contribution in [2.45, 2.75) is 13.8 Å². The van der Waals surface area contributed by atoms with Crippen LogP contribution in [0.2, 0.25) is 0 Å². The summed E-state index contributed by atoms with van der Waals surface area (Å²) in [5.74, 6) is 0. The van der Waals surface area contributed by atoms with Crippen LogP contribution in [0, 0.1) is 6.92 Å². The normalized spacial score (nSPS) is 11.7. The van der Waals surface area contributed by atoms with Crippen LogP contribution in [0.15, 0.2) is 10.5 Å². The Morgan fingerprint density at radius 3 is 2.91 bits per heavy atom. The smallest absolute Gasteiger partial charge is 0.0971 e. The maximum absolute atomic E-state index is 4.28. The van der Waals surface area contributed by atoms with Crippen LogP contribution in [0.25, 0.3) is 0 Å². The molecule has 0 saturated heterocycles. The Balaban J connectivity index is 2.84. The van der Waals surface area contributed by atoms with Crippen molar-refractivity contribution in [2.75, 3.05) is 7.05 Å². The summed E-state index contributed by atoms with van der Waals surface area (Å²) in [6.45, 7) is 3.92. The highest BCUT2D eigenvalue weighted by atomic mass is 32.1. The summed E-state index contributed by atoms with van der Waals surface area (Å²) in [5, 5.41) is 7.10. The molecular weight excluding hydrogens is 158 g/mol.